The van der Waals surface area contributed by atoms with Gasteiger partial charge in [0.15, 0.2) is 0 Å². The minimum atomic E-state index is -0.248. The zero-order valence-corrected chi connectivity index (χ0v) is 12.2. The standard InChI is InChI=1S/C16H24N2O2/c1-2-3-4-5-6-10-17-14-8-7-9-15(13-14)18-11-12-20-16(18)19/h7-9,13,17H,2-6,10-12H2,1H3. The molecule has 1 aromatic carbocycles. The molecular weight excluding hydrogens is 252 g/mol. The van der Waals surface area contributed by atoms with Gasteiger partial charge in [-0.3, -0.25) is 4.90 Å². The summed E-state index contributed by atoms with van der Waals surface area (Å²) in [6.45, 7) is 4.33. The highest BCUT2D eigenvalue weighted by Gasteiger charge is 2.23. The fraction of sp³-hybridized carbons (Fsp3) is 0.562. The molecule has 4 heteroatoms. The molecule has 1 N–H and O–H groups in total. The first-order valence-electron chi connectivity index (χ1n) is 7.59. The summed E-state index contributed by atoms with van der Waals surface area (Å²) in [6.07, 6.45) is 6.14. The Morgan fingerprint density at radius 1 is 1.25 bits per heavy atom. The number of hydrogen-bond donors (Lipinski definition) is 1. The summed E-state index contributed by atoms with van der Waals surface area (Å²) in [5, 5.41) is 3.42. The van der Waals surface area contributed by atoms with Crippen molar-refractivity contribution in [2.24, 2.45) is 0 Å². The van der Waals surface area contributed by atoms with Crippen LogP contribution in [0, 0.1) is 0 Å². The molecule has 0 saturated carbocycles. The highest BCUT2D eigenvalue weighted by atomic mass is 16.6. The fourth-order valence-corrected chi connectivity index (χ4v) is 2.37. The summed E-state index contributed by atoms with van der Waals surface area (Å²) in [7, 11) is 0. The highest BCUT2D eigenvalue weighted by molar-refractivity contribution is 5.89. The lowest BCUT2D eigenvalue weighted by atomic mass is 10.1. The Labute approximate surface area is 121 Å². The molecular formula is C16H24N2O2. The molecule has 20 heavy (non-hydrogen) atoms. The summed E-state index contributed by atoms with van der Waals surface area (Å²) < 4.78 is 4.96. The third-order valence-corrected chi connectivity index (χ3v) is 3.53. The molecule has 0 spiro atoms. The molecule has 0 radical (unpaired) electrons. The lowest BCUT2D eigenvalue weighted by Gasteiger charge is -2.14. The van der Waals surface area contributed by atoms with E-state index in [2.05, 4.69) is 12.2 Å². The number of nitrogens with one attached hydrogen (secondary N) is 1. The number of carbonyl (C=O) groups excluding carboxylic acids is 1. The number of amides is 1. The van der Waals surface area contributed by atoms with Gasteiger partial charge in [-0.25, -0.2) is 4.79 Å². The molecule has 0 aliphatic carbocycles. The zero-order chi connectivity index (χ0) is 14.2. The van der Waals surface area contributed by atoms with E-state index in [4.69, 9.17) is 4.74 Å². The van der Waals surface area contributed by atoms with Crippen molar-refractivity contribution in [2.45, 2.75) is 39.0 Å². The molecule has 1 aliphatic heterocycles. The minimum Gasteiger partial charge on any atom is -0.447 e. The van der Waals surface area contributed by atoms with E-state index >= 15 is 0 Å². The SMILES string of the molecule is CCCCCCCNc1cccc(N2CCOC2=O)c1. The van der Waals surface area contributed by atoms with Gasteiger partial charge < -0.3 is 10.1 Å². The predicted octanol–water partition coefficient (Wildman–Crippen LogP) is 4.03. The lowest BCUT2D eigenvalue weighted by Crippen LogP contribution is -2.23. The largest absolute Gasteiger partial charge is 0.447 e. The molecule has 1 aromatic rings. The van der Waals surface area contributed by atoms with Gasteiger partial charge in [-0.05, 0) is 24.6 Å². The van der Waals surface area contributed by atoms with Gasteiger partial charge in [-0.15, -0.1) is 0 Å². The second-order valence-corrected chi connectivity index (χ2v) is 5.16. The molecule has 1 aliphatic rings. The van der Waals surface area contributed by atoms with Gasteiger partial charge >= 0.3 is 6.09 Å². The van der Waals surface area contributed by atoms with E-state index in [1.54, 1.807) is 4.90 Å². The van der Waals surface area contributed by atoms with Gasteiger partial charge in [0.25, 0.3) is 0 Å². The molecule has 110 valence electrons. The average Bonchev–Trinajstić information content (AvgIpc) is 2.89. The molecule has 1 saturated heterocycles. The van der Waals surface area contributed by atoms with E-state index < -0.39 is 0 Å². The number of hydrogen-bond acceptors (Lipinski definition) is 3. The van der Waals surface area contributed by atoms with Crippen molar-refractivity contribution in [2.75, 3.05) is 29.9 Å². The van der Waals surface area contributed by atoms with E-state index in [0.717, 1.165) is 17.9 Å². The van der Waals surface area contributed by atoms with Crippen LogP contribution in [0.3, 0.4) is 0 Å². The predicted molar refractivity (Wildman–Crippen MR) is 82.4 cm³/mol. The first-order valence-corrected chi connectivity index (χ1v) is 7.59. The normalized spacial score (nSPS) is 14.4. The quantitative estimate of drug-likeness (QED) is 0.729. The number of unbranched alkanes of at least 4 members (excludes halogenated alkanes) is 4. The number of ether oxygens (including phenoxy) is 1. The van der Waals surface area contributed by atoms with Crippen molar-refractivity contribution in [3.05, 3.63) is 24.3 Å². The third kappa shape index (κ3) is 4.15. The van der Waals surface area contributed by atoms with Crippen LogP contribution < -0.4 is 10.2 Å². The van der Waals surface area contributed by atoms with Gasteiger partial charge in [-0.2, -0.15) is 0 Å². The lowest BCUT2D eigenvalue weighted by molar-refractivity contribution is 0.181. The maximum Gasteiger partial charge on any atom is 0.414 e. The Hall–Kier alpha value is -1.71. The van der Waals surface area contributed by atoms with Crippen LogP contribution in [0.15, 0.2) is 24.3 Å². The summed E-state index contributed by atoms with van der Waals surface area (Å²) in [4.78, 5) is 13.2. The van der Waals surface area contributed by atoms with E-state index in [0.29, 0.717) is 13.2 Å². The Kier molecular flexibility index (Phi) is 5.71. The Balaban J connectivity index is 1.79. The molecule has 0 unspecified atom stereocenters. The summed E-state index contributed by atoms with van der Waals surface area (Å²) >= 11 is 0. The van der Waals surface area contributed by atoms with E-state index in [9.17, 15) is 4.79 Å². The number of carbonyl (C=O) groups is 1. The van der Waals surface area contributed by atoms with E-state index in [1.165, 1.54) is 32.1 Å². The Morgan fingerprint density at radius 2 is 2.10 bits per heavy atom. The number of nitrogens with zero attached hydrogens (tertiary/aromatic N) is 1. The van der Waals surface area contributed by atoms with Crippen LogP contribution in [0.2, 0.25) is 0 Å². The molecule has 2 rings (SSSR count). The number of benzene rings is 1. The molecule has 1 amide bonds. The number of rotatable bonds is 8. The fourth-order valence-electron chi connectivity index (χ4n) is 2.37. The molecule has 1 fully saturated rings. The van der Waals surface area contributed by atoms with Crippen LogP contribution in [0.5, 0.6) is 0 Å². The number of anilines is 2. The van der Waals surface area contributed by atoms with Crippen molar-refractivity contribution in [1.29, 1.82) is 0 Å². The van der Waals surface area contributed by atoms with Crippen LogP contribution in [-0.4, -0.2) is 25.8 Å². The van der Waals surface area contributed by atoms with Crippen molar-refractivity contribution in [1.82, 2.24) is 0 Å². The van der Waals surface area contributed by atoms with Gasteiger partial charge in [0.1, 0.15) is 6.61 Å². The van der Waals surface area contributed by atoms with E-state index in [-0.39, 0.29) is 6.09 Å². The molecule has 1 heterocycles. The smallest absolute Gasteiger partial charge is 0.414 e. The maximum absolute atomic E-state index is 11.5. The van der Waals surface area contributed by atoms with Gasteiger partial charge in [0.2, 0.25) is 0 Å². The second-order valence-electron chi connectivity index (χ2n) is 5.16. The van der Waals surface area contributed by atoms with Crippen LogP contribution in [0.4, 0.5) is 16.2 Å². The highest BCUT2D eigenvalue weighted by Crippen LogP contribution is 2.22. The summed E-state index contributed by atoms with van der Waals surface area (Å²) in [5.41, 5.74) is 1.97. The molecule has 4 nitrogen and oxygen atoms in total. The number of cyclic esters (lactones) is 1. The van der Waals surface area contributed by atoms with Crippen molar-refractivity contribution >= 4 is 17.5 Å². The van der Waals surface area contributed by atoms with Crippen molar-refractivity contribution in [3.8, 4) is 0 Å². The Bertz CT molecular complexity index is 434. The van der Waals surface area contributed by atoms with Crippen molar-refractivity contribution < 1.29 is 9.53 Å². The summed E-state index contributed by atoms with van der Waals surface area (Å²) in [5.74, 6) is 0. The summed E-state index contributed by atoms with van der Waals surface area (Å²) in [6, 6.07) is 7.97. The van der Waals surface area contributed by atoms with Gasteiger partial charge in [0, 0.05) is 17.9 Å². The molecule has 0 atom stereocenters. The topological polar surface area (TPSA) is 41.6 Å². The first-order chi connectivity index (χ1) is 9.81. The van der Waals surface area contributed by atoms with Crippen LogP contribution in [-0.2, 0) is 4.74 Å². The monoisotopic (exact) mass is 276 g/mol. The van der Waals surface area contributed by atoms with Gasteiger partial charge in [0.05, 0.1) is 6.54 Å². The van der Waals surface area contributed by atoms with Gasteiger partial charge in [-0.1, -0.05) is 38.7 Å². The van der Waals surface area contributed by atoms with E-state index in [1.807, 2.05) is 24.3 Å². The average molecular weight is 276 g/mol. The van der Waals surface area contributed by atoms with Crippen LogP contribution in [0.1, 0.15) is 39.0 Å². The van der Waals surface area contributed by atoms with Crippen molar-refractivity contribution in [3.63, 3.8) is 0 Å². The van der Waals surface area contributed by atoms with Crippen LogP contribution >= 0.6 is 0 Å². The third-order valence-electron chi connectivity index (χ3n) is 3.53. The maximum atomic E-state index is 11.5. The minimum absolute atomic E-state index is 0.248. The Morgan fingerprint density at radius 3 is 2.85 bits per heavy atom. The molecule has 0 bridgehead atoms. The zero-order valence-electron chi connectivity index (χ0n) is 12.2. The molecule has 0 aromatic heterocycles. The second kappa shape index (κ2) is 7.78. The van der Waals surface area contributed by atoms with Crippen LogP contribution in [0.25, 0.3) is 0 Å². The first kappa shape index (κ1) is 14.7.